The molecule has 262 valence electrons. The number of hydrogen-bond donors (Lipinski definition) is 4. The van der Waals surface area contributed by atoms with Crippen LogP contribution in [0.15, 0.2) is 50.6 Å². The van der Waals surface area contributed by atoms with Crippen LogP contribution in [0.5, 0.6) is 0 Å². The van der Waals surface area contributed by atoms with Crippen LogP contribution in [-0.4, -0.2) is 100 Å². The Balaban J connectivity index is -0.000000151. The van der Waals surface area contributed by atoms with Crippen LogP contribution in [0.2, 0.25) is 0 Å². The molecule has 12 heteroatoms. The van der Waals surface area contributed by atoms with Crippen molar-refractivity contribution in [1.29, 1.82) is 0 Å². The quantitative estimate of drug-likeness (QED) is 0.0294. The molecular formula is C32H64O11Ti. The van der Waals surface area contributed by atoms with Gasteiger partial charge in [0.25, 0.3) is 0 Å². The SMILES string of the molecule is C=CCOCC(CC)CO.C=CCOCC(CC)CO.C=CCOCC(CC)COO.C=CCOCC(CC)COO.[O]=[Ti]. The summed E-state index contributed by atoms with van der Waals surface area (Å²) in [5.74, 6) is 1.14. The van der Waals surface area contributed by atoms with Crippen LogP contribution in [0.4, 0.5) is 0 Å². The second-order valence-electron chi connectivity index (χ2n) is 9.36. The van der Waals surface area contributed by atoms with Crippen LogP contribution < -0.4 is 0 Å². The van der Waals surface area contributed by atoms with Gasteiger partial charge in [0.1, 0.15) is 0 Å². The van der Waals surface area contributed by atoms with E-state index in [4.69, 9.17) is 43.0 Å². The van der Waals surface area contributed by atoms with E-state index in [-0.39, 0.29) is 25.0 Å². The Morgan fingerprint density at radius 2 is 0.727 bits per heavy atom. The predicted octanol–water partition coefficient (Wildman–Crippen LogP) is 5.70. The Hall–Kier alpha value is -0.926. The van der Waals surface area contributed by atoms with E-state index in [1.54, 1.807) is 24.3 Å². The average Bonchev–Trinajstić information content (AvgIpc) is 3.06. The van der Waals surface area contributed by atoms with Crippen molar-refractivity contribution >= 4 is 0 Å². The summed E-state index contributed by atoms with van der Waals surface area (Å²) in [6, 6.07) is 0. The molecule has 0 spiro atoms. The molecule has 0 bridgehead atoms. The second kappa shape index (κ2) is 51.6. The second-order valence-corrected chi connectivity index (χ2v) is 9.36. The Morgan fingerprint density at radius 3 is 0.886 bits per heavy atom. The molecule has 4 unspecified atom stereocenters. The molecule has 0 rings (SSSR count). The summed E-state index contributed by atoms with van der Waals surface area (Å²) in [5.41, 5.74) is 0. The van der Waals surface area contributed by atoms with Crippen molar-refractivity contribution in [3.8, 4) is 0 Å². The zero-order chi connectivity index (χ0) is 34.7. The summed E-state index contributed by atoms with van der Waals surface area (Å²) in [7, 11) is 0. The first-order valence-corrected chi connectivity index (χ1v) is 15.7. The number of aliphatic hydroxyl groups is 2. The number of aliphatic hydroxyl groups excluding tert-OH is 2. The molecule has 0 saturated carbocycles. The average molecular weight is 673 g/mol. The molecule has 0 aromatic rings. The maximum absolute atomic E-state index is 8.72. The zero-order valence-electron chi connectivity index (χ0n) is 27.9. The normalized spacial score (nSPS) is 12.4. The van der Waals surface area contributed by atoms with Gasteiger partial charge in [0, 0.05) is 36.9 Å². The van der Waals surface area contributed by atoms with Crippen LogP contribution in [0.3, 0.4) is 0 Å². The van der Waals surface area contributed by atoms with Crippen LogP contribution in [0.25, 0.3) is 0 Å². The van der Waals surface area contributed by atoms with Crippen molar-refractivity contribution < 1.29 is 73.2 Å². The molecule has 4 atom stereocenters. The molecule has 44 heavy (non-hydrogen) atoms. The van der Waals surface area contributed by atoms with Gasteiger partial charge < -0.3 is 29.2 Å². The van der Waals surface area contributed by atoms with E-state index in [1.165, 1.54) is 0 Å². The van der Waals surface area contributed by atoms with Crippen LogP contribution in [-0.2, 0) is 52.5 Å². The summed E-state index contributed by atoms with van der Waals surface area (Å²) < 4.78 is 28.9. The molecule has 11 nitrogen and oxygen atoms in total. The molecule has 4 N–H and O–H groups in total. The topological polar surface area (TPSA) is 153 Å². The summed E-state index contributed by atoms with van der Waals surface area (Å²) in [6.45, 7) is 28.1. The Bertz CT molecular complexity index is 502. The van der Waals surface area contributed by atoms with Gasteiger partial charge in [-0.2, -0.15) is 0 Å². The molecule has 0 aliphatic heterocycles. The third-order valence-electron chi connectivity index (χ3n) is 5.80. The van der Waals surface area contributed by atoms with Gasteiger partial charge in [-0.05, 0) is 25.7 Å². The van der Waals surface area contributed by atoms with Crippen molar-refractivity contribution in [1.82, 2.24) is 0 Å². The molecule has 0 radical (unpaired) electrons. The molecule has 0 amide bonds. The summed E-state index contributed by atoms with van der Waals surface area (Å²) in [4.78, 5) is 8.04. The standard InChI is InChI=1S/2C8H16O3.2C8H16O2.O.Ti/c2*1-3-5-10-6-8(4-2)7-11-9;2*1-3-5-10-7-8(4-2)6-9;;/h2*3,8-9H,1,4-7H2,2H3;2*3,8-9H,1,4-7H2,2H3;;. The zero-order valence-corrected chi connectivity index (χ0v) is 29.5. The Morgan fingerprint density at radius 1 is 0.500 bits per heavy atom. The fourth-order valence-corrected chi connectivity index (χ4v) is 2.65. The van der Waals surface area contributed by atoms with E-state index < -0.39 is 0 Å². The number of ether oxygens (including phenoxy) is 4. The summed E-state index contributed by atoms with van der Waals surface area (Å²) in [5, 5.41) is 33.7. The molecule has 0 heterocycles. The summed E-state index contributed by atoms with van der Waals surface area (Å²) >= 11 is 0.750. The summed E-state index contributed by atoms with van der Waals surface area (Å²) in [6.07, 6.45) is 10.6. The van der Waals surface area contributed by atoms with Crippen molar-refractivity contribution in [2.75, 3.05) is 79.3 Å². The first kappa shape index (κ1) is 52.6. The third kappa shape index (κ3) is 48.0. The maximum atomic E-state index is 8.72. The molecule has 0 fully saturated rings. The molecule has 0 aromatic carbocycles. The van der Waals surface area contributed by atoms with Gasteiger partial charge in [0.15, 0.2) is 0 Å². The molecule has 0 aliphatic rings. The van der Waals surface area contributed by atoms with Crippen LogP contribution >= 0.6 is 0 Å². The van der Waals surface area contributed by atoms with Gasteiger partial charge in [-0.15, -0.1) is 26.3 Å². The van der Waals surface area contributed by atoms with E-state index in [2.05, 4.69) is 36.1 Å². The van der Waals surface area contributed by atoms with Crippen LogP contribution in [0.1, 0.15) is 53.4 Å². The Kier molecular flexibility index (Phi) is 61.7. The molecule has 0 aliphatic carbocycles. The minimum atomic E-state index is 0.216. The minimum absolute atomic E-state index is 0.216. The first-order chi connectivity index (χ1) is 21.4. The molecular weight excluding hydrogens is 608 g/mol. The number of hydrogen-bond acceptors (Lipinski definition) is 11. The van der Waals surface area contributed by atoms with E-state index in [1.807, 2.05) is 27.7 Å². The van der Waals surface area contributed by atoms with Crippen molar-refractivity contribution in [2.24, 2.45) is 23.7 Å². The molecule has 0 saturated heterocycles. The van der Waals surface area contributed by atoms with E-state index in [0.29, 0.717) is 77.9 Å². The monoisotopic (exact) mass is 672 g/mol. The van der Waals surface area contributed by atoms with Crippen molar-refractivity contribution in [2.45, 2.75) is 53.4 Å². The Labute approximate surface area is 279 Å². The van der Waals surface area contributed by atoms with E-state index in [0.717, 1.165) is 46.1 Å². The number of rotatable bonds is 26. The van der Waals surface area contributed by atoms with Crippen LogP contribution in [0, 0.1) is 23.7 Å². The third-order valence-corrected chi connectivity index (χ3v) is 5.80. The molecule has 0 aromatic heterocycles. The van der Waals surface area contributed by atoms with E-state index in [9.17, 15) is 0 Å². The van der Waals surface area contributed by atoms with Gasteiger partial charge in [0.05, 0.1) is 66.1 Å². The van der Waals surface area contributed by atoms with Gasteiger partial charge in [-0.1, -0.05) is 52.0 Å². The fourth-order valence-electron chi connectivity index (χ4n) is 2.65. The van der Waals surface area contributed by atoms with Gasteiger partial charge >= 0.3 is 23.7 Å². The van der Waals surface area contributed by atoms with E-state index >= 15 is 0 Å². The van der Waals surface area contributed by atoms with Gasteiger partial charge in [0.2, 0.25) is 0 Å². The first-order valence-electron chi connectivity index (χ1n) is 15.1. The predicted molar refractivity (Wildman–Crippen MR) is 171 cm³/mol. The van der Waals surface area contributed by atoms with Gasteiger partial charge in [-0.25, -0.2) is 9.78 Å². The van der Waals surface area contributed by atoms with Gasteiger partial charge in [-0.3, -0.25) is 10.5 Å². The van der Waals surface area contributed by atoms with Crippen molar-refractivity contribution in [3.63, 3.8) is 0 Å². The van der Waals surface area contributed by atoms with Crippen molar-refractivity contribution in [3.05, 3.63) is 50.6 Å². The fraction of sp³-hybridized carbons (Fsp3) is 0.750.